The first-order valence-corrected chi connectivity index (χ1v) is 5.34. The molecule has 1 atom stereocenters. The van der Waals surface area contributed by atoms with E-state index in [9.17, 15) is 13.6 Å². The number of amides is 1. The highest BCUT2D eigenvalue weighted by Gasteiger charge is 2.24. The van der Waals surface area contributed by atoms with Crippen molar-refractivity contribution in [3.05, 3.63) is 29.6 Å². The lowest BCUT2D eigenvalue weighted by Gasteiger charge is -2.28. The molecule has 1 N–H and O–H groups in total. The van der Waals surface area contributed by atoms with Gasteiger partial charge in [0, 0.05) is 12.2 Å². The molecule has 0 aliphatic rings. The molecule has 0 spiro atoms. The number of halogens is 2. The van der Waals surface area contributed by atoms with Crippen LogP contribution in [-0.4, -0.2) is 16.9 Å². The molecule has 5 heteroatoms. The summed E-state index contributed by atoms with van der Waals surface area (Å²) in [6, 6.07) is 0.994. The van der Waals surface area contributed by atoms with E-state index in [0.717, 1.165) is 12.3 Å². The third kappa shape index (κ3) is 3.22. The first kappa shape index (κ1) is 13.5. The normalized spacial score (nSPS) is 13.3. The van der Waals surface area contributed by atoms with Gasteiger partial charge in [-0.05, 0) is 18.4 Å². The number of nitrogens with one attached hydrogen (secondary N) is 1. The highest BCUT2D eigenvalue weighted by atomic mass is 19.2. The number of carbonyl (C=O) groups is 1. The van der Waals surface area contributed by atoms with Gasteiger partial charge in [0.15, 0.2) is 5.82 Å². The zero-order valence-electron chi connectivity index (χ0n) is 10.3. The number of pyridine rings is 1. The summed E-state index contributed by atoms with van der Waals surface area (Å²) >= 11 is 0. The van der Waals surface area contributed by atoms with Crippen LogP contribution in [0.1, 0.15) is 38.1 Å². The minimum absolute atomic E-state index is 0.155. The van der Waals surface area contributed by atoms with E-state index >= 15 is 0 Å². The smallest absolute Gasteiger partial charge is 0.254 e. The summed E-state index contributed by atoms with van der Waals surface area (Å²) in [7, 11) is 0. The van der Waals surface area contributed by atoms with Gasteiger partial charge in [0.25, 0.3) is 5.91 Å². The van der Waals surface area contributed by atoms with Crippen molar-refractivity contribution < 1.29 is 13.6 Å². The van der Waals surface area contributed by atoms with Crippen molar-refractivity contribution in [2.75, 3.05) is 0 Å². The Morgan fingerprint density at radius 3 is 2.53 bits per heavy atom. The standard InChI is InChI=1S/C12H16F2N2O/c1-7(12(2,3)4)16-11(17)8-5-6-15-10(14)9(8)13/h5-7H,1-4H3,(H,16,17)/t7-/m0/s1. The van der Waals surface area contributed by atoms with Gasteiger partial charge in [-0.2, -0.15) is 4.39 Å². The van der Waals surface area contributed by atoms with Crippen LogP contribution in [0.3, 0.4) is 0 Å². The van der Waals surface area contributed by atoms with Gasteiger partial charge in [-0.3, -0.25) is 4.79 Å². The van der Waals surface area contributed by atoms with Crippen LogP contribution in [0.25, 0.3) is 0 Å². The van der Waals surface area contributed by atoms with Crippen LogP contribution < -0.4 is 5.32 Å². The number of carbonyl (C=O) groups excluding carboxylic acids is 1. The van der Waals surface area contributed by atoms with Crippen molar-refractivity contribution in [1.29, 1.82) is 0 Å². The van der Waals surface area contributed by atoms with E-state index in [4.69, 9.17) is 0 Å². The average Bonchev–Trinajstić information content (AvgIpc) is 2.20. The molecule has 0 aliphatic carbocycles. The molecule has 0 saturated carbocycles. The van der Waals surface area contributed by atoms with Gasteiger partial charge < -0.3 is 5.32 Å². The molecule has 3 nitrogen and oxygen atoms in total. The predicted molar refractivity (Wildman–Crippen MR) is 60.5 cm³/mol. The molecule has 0 bridgehead atoms. The Labute approximate surface area is 99.2 Å². The molecule has 0 saturated heterocycles. The summed E-state index contributed by atoms with van der Waals surface area (Å²) in [4.78, 5) is 14.9. The third-order valence-electron chi connectivity index (χ3n) is 2.74. The molecule has 0 aromatic carbocycles. The number of rotatable bonds is 2. The molecule has 1 aromatic rings. The lowest BCUT2D eigenvalue weighted by molar-refractivity contribution is 0.0904. The van der Waals surface area contributed by atoms with Gasteiger partial charge in [0.2, 0.25) is 5.95 Å². The van der Waals surface area contributed by atoms with E-state index in [-0.39, 0.29) is 17.0 Å². The lowest BCUT2D eigenvalue weighted by atomic mass is 9.88. The molecular formula is C12H16F2N2O. The maximum absolute atomic E-state index is 13.3. The fourth-order valence-electron chi connectivity index (χ4n) is 1.08. The van der Waals surface area contributed by atoms with Crippen molar-refractivity contribution >= 4 is 5.91 Å². The predicted octanol–water partition coefficient (Wildman–Crippen LogP) is 2.52. The molecule has 0 fully saturated rings. The third-order valence-corrected chi connectivity index (χ3v) is 2.74. The zero-order valence-corrected chi connectivity index (χ0v) is 10.3. The highest BCUT2D eigenvalue weighted by Crippen LogP contribution is 2.19. The molecule has 17 heavy (non-hydrogen) atoms. The Hall–Kier alpha value is -1.52. The largest absolute Gasteiger partial charge is 0.349 e. The topological polar surface area (TPSA) is 42.0 Å². The molecule has 1 amide bonds. The van der Waals surface area contributed by atoms with E-state index < -0.39 is 17.7 Å². The van der Waals surface area contributed by atoms with E-state index in [0.29, 0.717) is 0 Å². The van der Waals surface area contributed by atoms with E-state index in [2.05, 4.69) is 10.3 Å². The summed E-state index contributed by atoms with van der Waals surface area (Å²) in [5.74, 6) is -3.11. The number of hydrogen-bond donors (Lipinski definition) is 1. The molecule has 94 valence electrons. The zero-order chi connectivity index (χ0) is 13.2. The van der Waals surface area contributed by atoms with Crippen molar-refractivity contribution in [3.63, 3.8) is 0 Å². The van der Waals surface area contributed by atoms with Crippen LogP contribution in [-0.2, 0) is 0 Å². The minimum Gasteiger partial charge on any atom is -0.349 e. The van der Waals surface area contributed by atoms with Gasteiger partial charge in [-0.25, -0.2) is 9.37 Å². The summed E-state index contributed by atoms with van der Waals surface area (Å²) in [6.07, 6.45) is 1.06. The number of aromatic nitrogens is 1. The average molecular weight is 242 g/mol. The van der Waals surface area contributed by atoms with Crippen molar-refractivity contribution in [3.8, 4) is 0 Å². The highest BCUT2D eigenvalue weighted by molar-refractivity contribution is 5.94. The number of hydrogen-bond acceptors (Lipinski definition) is 2. The van der Waals surface area contributed by atoms with Crippen LogP contribution in [0.4, 0.5) is 8.78 Å². The Bertz CT molecular complexity index is 427. The molecule has 1 heterocycles. The summed E-state index contributed by atoms with van der Waals surface area (Å²) in [5.41, 5.74) is -0.480. The maximum Gasteiger partial charge on any atom is 0.254 e. The first-order valence-electron chi connectivity index (χ1n) is 5.34. The fraction of sp³-hybridized carbons (Fsp3) is 0.500. The van der Waals surface area contributed by atoms with Crippen molar-refractivity contribution in [1.82, 2.24) is 10.3 Å². The Morgan fingerprint density at radius 1 is 1.41 bits per heavy atom. The number of nitrogens with zero attached hydrogens (tertiary/aromatic N) is 1. The maximum atomic E-state index is 13.3. The monoisotopic (exact) mass is 242 g/mol. The fourth-order valence-corrected chi connectivity index (χ4v) is 1.08. The second-order valence-electron chi connectivity index (χ2n) is 5.02. The van der Waals surface area contributed by atoms with Gasteiger partial charge in [0.1, 0.15) is 0 Å². The Balaban J connectivity index is 2.88. The summed E-state index contributed by atoms with van der Waals surface area (Å²) in [5, 5.41) is 2.63. The summed E-state index contributed by atoms with van der Waals surface area (Å²) < 4.78 is 26.1. The van der Waals surface area contributed by atoms with E-state index in [1.165, 1.54) is 0 Å². The first-order chi connectivity index (χ1) is 7.73. The van der Waals surface area contributed by atoms with Gasteiger partial charge in [-0.15, -0.1) is 0 Å². The molecule has 0 radical (unpaired) electrons. The van der Waals surface area contributed by atoms with Gasteiger partial charge in [-0.1, -0.05) is 20.8 Å². The molecule has 1 aromatic heterocycles. The van der Waals surface area contributed by atoms with Crippen molar-refractivity contribution in [2.45, 2.75) is 33.7 Å². The SMILES string of the molecule is C[C@H](NC(=O)c1ccnc(F)c1F)C(C)(C)C. The second kappa shape index (κ2) is 4.77. The van der Waals surface area contributed by atoms with Crippen molar-refractivity contribution in [2.24, 2.45) is 5.41 Å². The van der Waals surface area contributed by atoms with Crippen LogP contribution in [0.15, 0.2) is 12.3 Å². The van der Waals surface area contributed by atoms with Crippen LogP contribution in [0.2, 0.25) is 0 Å². The molecule has 0 unspecified atom stereocenters. The van der Waals surface area contributed by atoms with Crippen LogP contribution in [0.5, 0.6) is 0 Å². The summed E-state index contributed by atoms with van der Waals surface area (Å²) in [6.45, 7) is 7.65. The van der Waals surface area contributed by atoms with E-state index in [1.54, 1.807) is 0 Å². The van der Waals surface area contributed by atoms with E-state index in [1.807, 2.05) is 27.7 Å². The minimum atomic E-state index is -1.26. The molecule has 0 aliphatic heterocycles. The Morgan fingerprint density at radius 2 is 2.00 bits per heavy atom. The lowest BCUT2D eigenvalue weighted by Crippen LogP contribution is -2.41. The van der Waals surface area contributed by atoms with Gasteiger partial charge >= 0.3 is 0 Å². The van der Waals surface area contributed by atoms with Gasteiger partial charge in [0.05, 0.1) is 5.56 Å². The molecular weight excluding hydrogens is 226 g/mol. The van der Waals surface area contributed by atoms with Crippen LogP contribution >= 0.6 is 0 Å². The Kier molecular flexibility index (Phi) is 3.80. The van der Waals surface area contributed by atoms with Crippen LogP contribution in [0, 0.1) is 17.2 Å². The molecule has 1 rings (SSSR count). The second-order valence-corrected chi connectivity index (χ2v) is 5.02. The quantitative estimate of drug-likeness (QED) is 0.810.